The minimum Gasteiger partial charge on any atom is -0.480 e. The summed E-state index contributed by atoms with van der Waals surface area (Å²) in [4.78, 5) is 10.4. The van der Waals surface area contributed by atoms with E-state index in [1.54, 1.807) is 0 Å². The van der Waals surface area contributed by atoms with Gasteiger partial charge in [-0.3, -0.25) is 4.79 Å². The van der Waals surface area contributed by atoms with Gasteiger partial charge >= 0.3 is 5.97 Å². The van der Waals surface area contributed by atoms with Crippen molar-refractivity contribution >= 4 is 16.2 Å². The lowest BCUT2D eigenvalue weighted by Gasteiger charge is -2.04. The zero-order chi connectivity index (χ0) is 13.5. The predicted octanol–water partition coefficient (Wildman–Crippen LogP) is 0.556. The second-order valence-electron chi connectivity index (χ2n) is 3.32. The lowest BCUT2D eigenvalue weighted by molar-refractivity contribution is -0.138. The van der Waals surface area contributed by atoms with E-state index in [-0.39, 0.29) is 0 Å². The molecule has 96 valence electrons. The molecule has 0 aliphatic heterocycles. The molecule has 1 rings (SSSR count). The van der Waals surface area contributed by atoms with Crippen LogP contribution in [0.3, 0.4) is 0 Å². The zero-order valence-electron chi connectivity index (χ0n) is 9.21. The topological polar surface area (TPSA) is 97.5 Å². The van der Waals surface area contributed by atoms with Crippen LogP contribution in [0.5, 0.6) is 0 Å². The van der Waals surface area contributed by atoms with Gasteiger partial charge in [-0.25, -0.2) is 0 Å². The maximum absolute atomic E-state index is 10.7. The van der Waals surface area contributed by atoms with E-state index in [0.717, 1.165) is 5.56 Å². The number of aliphatic carboxylic acids is 1. The van der Waals surface area contributed by atoms with Gasteiger partial charge in [-0.2, -0.15) is 8.42 Å². The fourth-order valence-corrected chi connectivity index (χ4v) is 0.955. The molecule has 0 aromatic heterocycles. The maximum atomic E-state index is 10.7. The van der Waals surface area contributed by atoms with Crippen molar-refractivity contribution in [2.45, 2.75) is 12.5 Å². The Morgan fingerprint density at radius 1 is 1.41 bits per heavy atom. The molecule has 0 aliphatic rings. The van der Waals surface area contributed by atoms with E-state index in [1.165, 1.54) is 0 Å². The van der Waals surface area contributed by atoms with E-state index in [1.807, 2.05) is 30.3 Å². The van der Waals surface area contributed by atoms with E-state index < -0.39 is 22.2 Å². The Balaban J connectivity index is 0.000000437. The first-order chi connectivity index (χ1) is 7.70. The molecule has 0 aliphatic carbocycles. The van der Waals surface area contributed by atoms with Gasteiger partial charge in [0, 0.05) is 0 Å². The van der Waals surface area contributed by atoms with Crippen LogP contribution >= 0.6 is 0 Å². The number of carboxylic acids is 1. The second-order valence-corrected chi connectivity index (χ2v) is 4.68. The minimum absolute atomic E-state index is 0.385. The van der Waals surface area contributed by atoms with Gasteiger partial charge in [0.15, 0.2) is 0 Å². The Hall–Kier alpha value is -1.47. The van der Waals surface area contributed by atoms with Crippen LogP contribution in [-0.4, -0.2) is 31.8 Å². The van der Waals surface area contributed by atoms with Gasteiger partial charge in [-0.1, -0.05) is 30.3 Å². The largest absolute Gasteiger partial charge is 0.480 e. The summed E-state index contributed by atoms with van der Waals surface area (Å²) >= 11 is 0. The fourth-order valence-electron chi connectivity index (χ4n) is 0.955. The van der Waals surface area contributed by atoms with Crippen LogP contribution in [0.2, 0.25) is 0 Å². The van der Waals surface area contributed by atoms with Crippen molar-refractivity contribution in [3.05, 3.63) is 35.9 Å². The van der Waals surface area contributed by atoms with Gasteiger partial charge in [-0.05, 0) is 12.0 Å². The number of benzene rings is 1. The first-order valence-electron chi connectivity index (χ1n) is 4.62. The Morgan fingerprint density at radius 2 is 1.82 bits per heavy atom. The average Bonchev–Trinajstić information content (AvgIpc) is 2.16. The average molecular weight is 263 g/mol. The molecule has 0 spiro atoms. The highest BCUT2D eigenvalue weighted by Crippen LogP contribution is 2.01. The van der Waals surface area contributed by atoms with Crippen LogP contribution in [0.4, 0.5) is 3.89 Å². The molecule has 1 aromatic rings. The van der Waals surface area contributed by atoms with Gasteiger partial charge in [-0.15, -0.1) is 3.89 Å². The summed E-state index contributed by atoms with van der Waals surface area (Å²) in [6.45, 7) is 0. The van der Waals surface area contributed by atoms with Crippen molar-refractivity contribution < 1.29 is 22.2 Å². The van der Waals surface area contributed by atoms with E-state index in [0.29, 0.717) is 12.7 Å². The normalized spacial score (nSPS) is 12.2. The minimum atomic E-state index is -4.17. The SMILES string of the molecule is CS(=O)(=O)F.N[C@@H](Cc1ccccc1)C(=O)O. The second kappa shape index (κ2) is 6.97. The van der Waals surface area contributed by atoms with Crippen molar-refractivity contribution in [3.63, 3.8) is 0 Å². The standard InChI is InChI=1S/C9H11NO2.CH3FO2S/c10-8(9(11)12)6-7-4-2-1-3-5-7;1-5(2,3)4/h1-5,8H,6,10H2,(H,11,12);1H3/t8-;/m0./s1. The van der Waals surface area contributed by atoms with Gasteiger partial charge in [0.05, 0.1) is 6.26 Å². The highest BCUT2D eigenvalue weighted by Gasteiger charge is 2.10. The van der Waals surface area contributed by atoms with Crippen molar-refractivity contribution in [1.82, 2.24) is 0 Å². The summed E-state index contributed by atoms with van der Waals surface area (Å²) in [5.74, 6) is -0.959. The van der Waals surface area contributed by atoms with E-state index in [4.69, 9.17) is 19.3 Å². The summed E-state index contributed by atoms with van der Waals surface area (Å²) in [6.07, 6.45) is 0.878. The number of halogens is 1. The van der Waals surface area contributed by atoms with Crippen molar-refractivity contribution in [2.24, 2.45) is 5.73 Å². The van der Waals surface area contributed by atoms with Gasteiger partial charge in [0.25, 0.3) is 10.2 Å². The third-order valence-corrected chi connectivity index (χ3v) is 1.62. The molecular weight excluding hydrogens is 249 g/mol. The summed E-state index contributed by atoms with van der Waals surface area (Å²) in [5, 5.41) is 8.52. The number of hydrogen-bond acceptors (Lipinski definition) is 4. The molecule has 0 radical (unpaired) electrons. The molecule has 0 fully saturated rings. The van der Waals surface area contributed by atoms with E-state index >= 15 is 0 Å². The van der Waals surface area contributed by atoms with E-state index in [2.05, 4.69) is 0 Å². The van der Waals surface area contributed by atoms with Gasteiger partial charge in [0.2, 0.25) is 0 Å². The molecule has 0 unspecified atom stereocenters. The van der Waals surface area contributed by atoms with Gasteiger partial charge < -0.3 is 10.8 Å². The lowest BCUT2D eigenvalue weighted by atomic mass is 10.1. The zero-order valence-corrected chi connectivity index (χ0v) is 10.0. The van der Waals surface area contributed by atoms with Crippen LogP contribution in [0, 0.1) is 0 Å². The van der Waals surface area contributed by atoms with E-state index in [9.17, 15) is 8.68 Å². The third kappa shape index (κ3) is 10.8. The summed E-state index contributed by atoms with van der Waals surface area (Å²) in [7, 11) is -4.17. The van der Waals surface area contributed by atoms with Crippen LogP contribution in [0.1, 0.15) is 5.56 Å². The van der Waals surface area contributed by atoms with Gasteiger partial charge in [0.1, 0.15) is 6.04 Å². The summed E-state index contributed by atoms with van der Waals surface area (Å²) in [6, 6.07) is 8.54. The summed E-state index contributed by atoms with van der Waals surface area (Å²) < 4.78 is 28.6. The van der Waals surface area contributed by atoms with Crippen LogP contribution in [-0.2, 0) is 21.4 Å². The first-order valence-corrected chi connectivity index (χ1v) is 6.41. The molecule has 0 bridgehead atoms. The van der Waals surface area contributed by atoms with Crippen LogP contribution in [0.25, 0.3) is 0 Å². The molecule has 1 atom stereocenters. The van der Waals surface area contributed by atoms with Crippen molar-refractivity contribution in [1.29, 1.82) is 0 Å². The predicted molar refractivity (Wildman–Crippen MR) is 61.7 cm³/mol. The number of rotatable bonds is 3. The smallest absolute Gasteiger partial charge is 0.320 e. The Kier molecular flexibility index (Phi) is 6.37. The lowest BCUT2D eigenvalue weighted by Crippen LogP contribution is -2.32. The molecule has 17 heavy (non-hydrogen) atoms. The first kappa shape index (κ1) is 15.5. The van der Waals surface area contributed by atoms with Crippen molar-refractivity contribution in [2.75, 3.05) is 6.26 Å². The summed E-state index contributed by atoms with van der Waals surface area (Å²) in [5.41, 5.74) is 6.30. The molecule has 7 heteroatoms. The monoisotopic (exact) mass is 263 g/mol. The molecule has 1 aromatic carbocycles. The number of hydrogen-bond donors (Lipinski definition) is 2. The maximum Gasteiger partial charge on any atom is 0.320 e. The molecule has 5 nitrogen and oxygen atoms in total. The number of nitrogens with two attached hydrogens (primary N) is 1. The Labute approximate surface area is 99.3 Å². The highest BCUT2D eigenvalue weighted by molar-refractivity contribution is 7.85. The fraction of sp³-hybridized carbons (Fsp3) is 0.300. The molecule has 0 amide bonds. The molecule has 0 heterocycles. The highest BCUT2D eigenvalue weighted by atomic mass is 32.3. The Morgan fingerprint density at radius 3 is 2.18 bits per heavy atom. The van der Waals surface area contributed by atoms with Crippen molar-refractivity contribution in [3.8, 4) is 0 Å². The van der Waals surface area contributed by atoms with Crippen LogP contribution in [0.15, 0.2) is 30.3 Å². The molecule has 0 saturated heterocycles. The Bertz CT molecular complexity index is 439. The third-order valence-electron chi connectivity index (χ3n) is 1.62. The molecule has 3 N–H and O–H groups in total. The van der Waals surface area contributed by atoms with Crippen LogP contribution < -0.4 is 5.73 Å². The quantitative estimate of drug-likeness (QED) is 0.776. The number of carboxylic acid groups (broad SMARTS) is 1. The number of carbonyl (C=O) groups is 1. The molecule has 0 saturated carbocycles. The molecular formula is C10H14FNO4S.